The molecule has 0 saturated heterocycles. The molecule has 2 aromatic carbocycles. The second-order valence-corrected chi connectivity index (χ2v) is 7.94. The predicted octanol–water partition coefficient (Wildman–Crippen LogP) is 3.22. The number of aliphatic carboxylic acids is 1. The Morgan fingerprint density at radius 2 is 1.85 bits per heavy atom. The van der Waals surface area contributed by atoms with Crippen molar-refractivity contribution in [2.24, 2.45) is 5.73 Å². The molecule has 1 aromatic heterocycles. The third-order valence-corrected chi connectivity index (χ3v) is 5.62. The van der Waals surface area contributed by atoms with E-state index in [9.17, 15) is 23.9 Å². The number of aromatic nitrogens is 2. The van der Waals surface area contributed by atoms with Crippen molar-refractivity contribution in [3.05, 3.63) is 88.6 Å². The summed E-state index contributed by atoms with van der Waals surface area (Å²) >= 11 is 0. The third-order valence-electron chi connectivity index (χ3n) is 5.62. The van der Waals surface area contributed by atoms with Crippen LogP contribution in [0.3, 0.4) is 0 Å². The highest BCUT2D eigenvalue weighted by Gasteiger charge is 2.34. The Morgan fingerprint density at radius 1 is 1.15 bits per heavy atom. The van der Waals surface area contributed by atoms with E-state index in [2.05, 4.69) is 5.10 Å². The number of carbonyl (C=O) groups is 3. The second kappa shape index (κ2) is 8.34. The van der Waals surface area contributed by atoms with Gasteiger partial charge in [-0.1, -0.05) is 12.1 Å². The number of halogens is 1. The SMILES string of the molecule is Cc1cnn(-c2cc(C(N)=O)c(C)cc2N2C=C(C(=O)O)[C@H](c3ccc(F)cc3)CC2=O)c1. The molecule has 3 aromatic rings. The quantitative estimate of drug-likeness (QED) is 0.621. The molecule has 1 aliphatic heterocycles. The highest BCUT2D eigenvalue weighted by Crippen LogP contribution is 2.37. The molecule has 0 spiro atoms. The van der Waals surface area contributed by atoms with Crippen LogP contribution in [0.5, 0.6) is 0 Å². The van der Waals surface area contributed by atoms with Gasteiger partial charge in [-0.05, 0) is 54.8 Å². The molecule has 1 atom stereocenters. The maximum Gasteiger partial charge on any atom is 0.333 e. The summed E-state index contributed by atoms with van der Waals surface area (Å²) in [5, 5.41) is 14.2. The predicted molar refractivity (Wildman–Crippen MR) is 119 cm³/mol. The van der Waals surface area contributed by atoms with Gasteiger partial charge in [0.15, 0.2) is 0 Å². The summed E-state index contributed by atoms with van der Waals surface area (Å²) in [5.74, 6) is -3.36. The first kappa shape index (κ1) is 21.9. The van der Waals surface area contributed by atoms with E-state index >= 15 is 0 Å². The Hall–Kier alpha value is -4.27. The molecule has 0 saturated carbocycles. The van der Waals surface area contributed by atoms with Crippen molar-refractivity contribution < 1.29 is 23.9 Å². The van der Waals surface area contributed by atoms with Gasteiger partial charge in [-0.3, -0.25) is 14.5 Å². The lowest BCUT2D eigenvalue weighted by Gasteiger charge is -2.31. The van der Waals surface area contributed by atoms with Crippen molar-refractivity contribution in [1.82, 2.24) is 9.78 Å². The molecule has 168 valence electrons. The maximum atomic E-state index is 13.4. The summed E-state index contributed by atoms with van der Waals surface area (Å²) in [7, 11) is 0. The Bertz CT molecular complexity index is 1310. The summed E-state index contributed by atoms with van der Waals surface area (Å²) in [6.07, 6.45) is 4.49. The van der Waals surface area contributed by atoms with Crippen molar-refractivity contribution in [3.8, 4) is 5.69 Å². The molecule has 0 aliphatic carbocycles. The van der Waals surface area contributed by atoms with Gasteiger partial charge in [-0.15, -0.1) is 0 Å². The number of amides is 2. The molecule has 2 heterocycles. The number of carboxylic acids is 1. The van der Waals surface area contributed by atoms with Gasteiger partial charge in [0.1, 0.15) is 5.82 Å². The van der Waals surface area contributed by atoms with Crippen molar-refractivity contribution in [1.29, 1.82) is 0 Å². The number of nitrogens with zero attached hydrogens (tertiary/aromatic N) is 3. The fourth-order valence-electron chi connectivity index (χ4n) is 3.95. The Labute approximate surface area is 188 Å². The standard InChI is InChI=1S/C24H21FN4O4/c1-13-10-27-29(11-13)21-8-17(23(26)31)14(2)7-20(21)28-12-19(24(32)33)18(9-22(28)30)15-3-5-16(25)6-4-15/h3-8,10-12,18H,9H2,1-2H3,(H2,26,31)(H,32,33)/t18-/m0/s1. The summed E-state index contributed by atoms with van der Waals surface area (Å²) < 4.78 is 14.9. The van der Waals surface area contributed by atoms with Gasteiger partial charge in [0.2, 0.25) is 11.8 Å². The van der Waals surface area contributed by atoms with Crippen molar-refractivity contribution in [2.75, 3.05) is 4.90 Å². The van der Waals surface area contributed by atoms with E-state index in [1.54, 1.807) is 25.4 Å². The topological polar surface area (TPSA) is 119 Å². The van der Waals surface area contributed by atoms with Crippen LogP contribution < -0.4 is 10.6 Å². The molecule has 1 aliphatic rings. The first-order valence-corrected chi connectivity index (χ1v) is 10.1. The number of hydrogen-bond acceptors (Lipinski definition) is 4. The first-order chi connectivity index (χ1) is 15.7. The van der Waals surface area contributed by atoms with Gasteiger partial charge in [-0.2, -0.15) is 5.10 Å². The summed E-state index contributed by atoms with van der Waals surface area (Å²) in [5.41, 5.74) is 8.44. The first-order valence-electron chi connectivity index (χ1n) is 10.1. The lowest BCUT2D eigenvalue weighted by Crippen LogP contribution is -2.35. The van der Waals surface area contributed by atoms with Crippen LogP contribution >= 0.6 is 0 Å². The zero-order valence-corrected chi connectivity index (χ0v) is 17.9. The zero-order chi connectivity index (χ0) is 23.9. The van der Waals surface area contributed by atoms with Crippen molar-refractivity contribution in [2.45, 2.75) is 26.2 Å². The second-order valence-electron chi connectivity index (χ2n) is 7.94. The van der Waals surface area contributed by atoms with Gasteiger partial charge in [0.25, 0.3) is 0 Å². The van der Waals surface area contributed by atoms with Crippen LogP contribution in [0.4, 0.5) is 10.1 Å². The van der Waals surface area contributed by atoms with Crippen LogP contribution in [-0.2, 0) is 9.59 Å². The van der Waals surface area contributed by atoms with Crippen LogP contribution in [-0.4, -0.2) is 32.7 Å². The van der Waals surface area contributed by atoms with Crippen LogP contribution in [0.15, 0.2) is 60.6 Å². The summed E-state index contributed by atoms with van der Waals surface area (Å²) in [4.78, 5) is 38.5. The Balaban J connectivity index is 1.88. The number of rotatable bonds is 5. The average molecular weight is 448 g/mol. The van der Waals surface area contributed by atoms with E-state index in [0.717, 1.165) is 5.56 Å². The van der Waals surface area contributed by atoms with Gasteiger partial charge in [-0.25, -0.2) is 13.9 Å². The van der Waals surface area contributed by atoms with Crippen LogP contribution in [0.1, 0.15) is 39.4 Å². The Kier molecular flexibility index (Phi) is 5.55. The molecular weight excluding hydrogens is 427 g/mol. The number of hydrogen-bond donors (Lipinski definition) is 2. The minimum atomic E-state index is -1.19. The number of anilines is 1. The molecule has 0 fully saturated rings. The van der Waals surface area contributed by atoms with E-state index in [0.29, 0.717) is 22.5 Å². The molecule has 4 rings (SSSR count). The normalized spacial score (nSPS) is 16.0. The zero-order valence-electron chi connectivity index (χ0n) is 17.9. The monoisotopic (exact) mass is 448 g/mol. The van der Waals surface area contributed by atoms with Gasteiger partial charge in [0, 0.05) is 30.3 Å². The van der Waals surface area contributed by atoms with Gasteiger partial charge in [0.05, 0.1) is 23.1 Å². The number of carbonyl (C=O) groups excluding carboxylic acids is 2. The minimum Gasteiger partial charge on any atom is -0.478 e. The van der Waals surface area contributed by atoms with Crippen LogP contribution in [0.25, 0.3) is 5.69 Å². The smallest absolute Gasteiger partial charge is 0.333 e. The molecule has 0 bridgehead atoms. The average Bonchev–Trinajstić information content (AvgIpc) is 3.19. The Morgan fingerprint density at radius 3 is 2.42 bits per heavy atom. The van der Waals surface area contributed by atoms with Crippen LogP contribution in [0, 0.1) is 19.7 Å². The highest BCUT2D eigenvalue weighted by molar-refractivity contribution is 6.04. The minimum absolute atomic E-state index is 0.0135. The lowest BCUT2D eigenvalue weighted by molar-refractivity contribution is -0.133. The maximum absolute atomic E-state index is 13.4. The lowest BCUT2D eigenvalue weighted by atomic mass is 9.85. The van der Waals surface area contributed by atoms with E-state index in [-0.39, 0.29) is 23.5 Å². The molecule has 33 heavy (non-hydrogen) atoms. The van der Waals surface area contributed by atoms with E-state index < -0.39 is 23.6 Å². The fourth-order valence-corrected chi connectivity index (χ4v) is 3.95. The van der Waals surface area contributed by atoms with Crippen LogP contribution in [0.2, 0.25) is 0 Å². The largest absolute Gasteiger partial charge is 0.478 e. The van der Waals surface area contributed by atoms with Gasteiger partial charge < -0.3 is 10.8 Å². The third kappa shape index (κ3) is 4.12. The molecule has 2 amide bonds. The molecular formula is C24H21FN4O4. The molecule has 9 heteroatoms. The number of aryl methyl sites for hydroxylation is 2. The van der Waals surface area contributed by atoms with E-state index in [4.69, 9.17) is 5.73 Å². The molecule has 0 unspecified atom stereocenters. The van der Waals surface area contributed by atoms with E-state index in [1.165, 1.54) is 46.1 Å². The number of primary amides is 1. The molecule has 3 N–H and O–H groups in total. The molecule has 8 nitrogen and oxygen atoms in total. The number of nitrogens with two attached hydrogens (primary N) is 1. The molecule has 0 radical (unpaired) electrons. The van der Waals surface area contributed by atoms with Crippen molar-refractivity contribution >= 4 is 23.5 Å². The highest BCUT2D eigenvalue weighted by atomic mass is 19.1. The van der Waals surface area contributed by atoms with E-state index in [1.807, 2.05) is 6.92 Å². The summed E-state index contributed by atoms with van der Waals surface area (Å²) in [6.45, 7) is 3.52. The fraction of sp³-hybridized carbons (Fsp3) is 0.167. The van der Waals surface area contributed by atoms with Crippen molar-refractivity contribution in [3.63, 3.8) is 0 Å². The summed E-state index contributed by atoms with van der Waals surface area (Å²) in [6, 6.07) is 8.56. The number of benzene rings is 2. The number of carboxylic acid groups (broad SMARTS) is 1. The van der Waals surface area contributed by atoms with Gasteiger partial charge >= 0.3 is 5.97 Å².